The molecule has 1 atom stereocenters. The number of nitrogens with zero attached hydrogens (tertiary/aromatic N) is 3. The summed E-state index contributed by atoms with van der Waals surface area (Å²) in [7, 11) is 0. The molecule has 160 valence electrons. The van der Waals surface area contributed by atoms with Gasteiger partial charge >= 0.3 is 0 Å². The van der Waals surface area contributed by atoms with Gasteiger partial charge in [-0.15, -0.1) is 11.3 Å². The van der Waals surface area contributed by atoms with Gasteiger partial charge in [-0.25, -0.2) is 0 Å². The fraction of sp³-hybridized carbons (Fsp3) is 0.0870. The van der Waals surface area contributed by atoms with Crippen molar-refractivity contribution in [3.05, 3.63) is 93.2 Å². The standard InChI is InChI=1S/C23H16Cl2N4OS2/c1-13-19(22-27-21(28-30-22)18-3-2-12-32-18)20(14-4-6-15(24)7-5-14)26-23(31)29(13)17-10-8-16(25)9-11-17/h2-12,20H,1H3,(H,26,31). The summed E-state index contributed by atoms with van der Waals surface area (Å²) in [6.07, 6.45) is 0. The molecule has 2 aromatic carbocycles. The second-order valence-electron chi connectivity index (χ2n) is 7.15. The van der Waals surface area contributed by atoms with Crippen LogP contribution in [0.4, 0.5) is 5.69 Å². The van der Waals surface area contributed by atoms with Crippen LogP contribution in [0.1, 0.15) is 24.4 Å². The Bertz CT molecular complexity index is 1300. The Morgan fingerprint density at radius 1 is 1.03 bits per heavy atom. The average molecular weight is 499 g/mol. The van der Waals surface area contributed by atoms with E-state index in [4.69, 9.17) is 44.9 Å². The Hall–Kier alpha value is -2.71. The van der Waals surface area contributed by atoms with Gasteiger partial charge in [-0.3, -0.25) is 4.90 Å². The van der Waals surface area contributed by atoms with Crippen molar-refractivity contribution < 1.29 is 4.52 Å². The number of anilines is 1. The van der Waals surface area contributed by atoms with E-state index < -0.39 is 0 Å². The molecular formula is C23H16Cl2N4OS2. The van der Waals surface area contributed by atoms with E-state index in [1.54, 1.807) is 11.3 Å². The van der Waals surface area contributed by atoms with Gasteiger partial charge in [0.15, 0.2) is 5.11 Å². The summed E-state index contributed by atoms with van der Waals surface area (Å²) < 4.78 is 5.74. The first-order valence-corrected chi connectivity index (χ1v) is 11.8. The average Bonchev–Trinajstić information content (AvgIpc) is 3.47. The predicted octanol–water partition coefficient (Wildman–Crippen LogP) is 6.97. The van der Waals surface area contributed by atoms with Crippen molar-refractivity contribution in [1.29, 1.82) is 0 Å². The largest absolute Gasteiger partial charge is 0.351 e. The third kappa shape index (κ3) is 3.93. The SMILES string of the molecule is CC1=C(c2nc(-c3cccs3)no2)C(c2ccc(Cl)cc2)NC(=S)N1c1ccc(Cl)cc1. The smallest absolute Gasteiger partial charge is 0.258 e. The number of thiophene rings is 1. The van der Waals surface area contributed by atoms with Gasteiger partial charge < -0.3 is 9.84 Å². The van der Waals surface area contributed by atoms with Gasteiger partial charge in [0.05, 0.1) is 16.5 Å². The number of nitrogens with one attached hydrogen (secondary N) is 1. The summed E-state index contributed by atoms with van der Waals surface area (Å²) in [5, 5.41) is 11.5. The Morgan fingerprint density at radius 3 is 2.38 bits per heavy atom. The highest BCUT2D eigenvalue weighted by molar-refractivity contribution is 7.80. The Kier molecular flexibility index (Phi) is 5.73. The summed E-state index contributed by atoms with van der Waals surface area (Å²) in [6.45, 7) is 2.00. The normalized spacial score (nSPS) is 16.4. The van der Waals surface area contributed by atoms with Crippen LogP contribution in [-0.4, -0.2) is 15.3 Å². The summed E-state index contributed by atoms with van der Waals surface area (Å²) in [6, 6.07) is 18.8. The monoisotopic (exact) mass is 498 g/mol. The molecule has 0 bridgehead atoms. The van der Waals surface area contributed by atoms with Crippen molar-refractivity contribution in [3.8, 4) is 10.7 Å². The van der Waals surface area contributed by atoms with Crippen LogP contribution >= 0.6 is 46.8 Å². The first-order chi connectivity index (χ1) is 15.5. The lowest BCUT2D eigenvalue weighted by Crippen LogP contribution is -2.46. The molecule has 1 unspecified atom stereocenters. The zero-order chi connectivity index (χ0) is 22.2. The van der Waals surface area contributed by atoms with Gasteiger partial charge in [-0.2, -0.15) is 4.98 Å². The minimum atomic E-state index is -0.278. The van der Waals surface area contributed by atoms with Crippen molar-refractivity contribution in [2.45, 2.75) is 13.0 Å². The van der Waals surface area contributed by atoms with Crippen LogP contribution in [0.5, 0.6) is 0 Å². The number of benzene rings is 2. The number of hydrogen-bond donors (Lipinski definition) is 1. The van der Waals surface area contributed by atoms with Crippen LogP contribution < -0.4 is 10.2 Å². The summed E-state index contributed by atoms with van der Waals surface area (Å²) in [5.74, 6) is 0.983. The number of hydrogen-bond acceptors (Lipinski definition) is 5. The van der Waals surface area contributed by atoms with E-state index in [-0.39, 0.29) is 6.04 Å². The Labute approximate surface area is 204 Å². The highest BCUT2D eigenvalue weighted by atomic mass is 35.5. The van der Waals surface area contributed by atoms with Crippen molar-refractivity contribution >= 4 is 63.1 Å². The maximum absolute atomic E-state index is 6.12. The molecule has 0 saturated heterocycles. The molecule has 9 heteroatoms. The van der Waals surface area contributed by atoms with Crippen LogP contribution in [0.3, 0.4) is 0 Å². The molecule has 1 N–H and O–H groups in total. The maximum Gasteiger partial charge on any atom is 0.258 e. The van der Waals surface area contributed by atoms with E-state index in [9.17, 15) is 0 Å². The topological polar surface area (TPSA) is 54.2 Å². The molecule has 3 heterocycles. The minimum absolute atomic E-state index is 0.278. The Morgan fingerprint density at radius 2 is 1.72 bits per heavy atom. The quantitative estimate of drug-likeness (QED) is 0.306. The number of thiocarbonyl (C=S) groups is 1. The molecule has 1 aliphatic rings. The van der Waals surface area contributed by atoms with Gasteiger partial charge in [-0.05, 0) is 72.5 Å². The molecule has 1 aliphatic heterocycles. The first-order valence-electron chi connectivity index (χ1n) is 9.71. The molecule has 32 heavy (non-hydrogen) atoms. The predicted molar refractivity (Wildman–Crippen MR) is 134 cm³/mol. The molecule has 5 rings (SSSR count). The molecule has 4 aromatic rings. The van der Waals surface area contributed by atoms with E-state index in [2.05, 4.69) is 10.5 Å². The van der Waals surface area contributed by atoms with E-state index in [1.165, 1.54) is 0 Å². The lowest BCUT2D eigenvalue weighted by atomic mass is 9.94. The van der Waals surface area contributed by atoms with Gasteiger partial charge in [-0.1, -0.05) is 46.6 Å². The second-order valence-corrected chi connectivity index (χ2v) is 9.35. The van der Waals surface area contributed by atoms with E-state index in [0.717, 1.165) is 27.4 Å². The van der Waals surface area contributed by atoms with Crippen LogP contribution in [0.2, 0.25) is 10.0 Å². The van der Waals surface area contributed by atoms with Crippen molar-refractivity contribution in [3.63, 3.8) is 0 Å². The summed E-state index contributed by atoms with van der Waals surface area (Å²) in [4.78, 5) is 7.59. The lowest BCUT2D eigenvalue weighted by molar-refractivity contribution is 0.404. The lowest BCUT2D eigenvalue weighted by Gasteiger charge is -2.37. The number of aromatic nitrogens is 2. The molecule has 0 spiro atoms. The zero-order valence-corrected chi connectivity index (χ0v) is 19.9. The third-order valence-electron chi connectivity index (χ3n) is 5.17. The first kappa shape index (κ1) is 21.2. The summed E-state index contributed by atoms with van der Waals surface area (Å²) >= 11 is 19.5. The van der Waals surface area contributed by atoms with Crippen molar-refractivity contribution in [2.75, 3.05) is 4.90 Å². The molecule has 5 nitrogen and oxygen atoms in total. The second kappa shape index (κ2) is 8.67. The van der Waals surface area contributed by atoms with Crippen LogP contribution in [-0.2, 0) is 0 Å². The van der Waals surface area contributed by atoms with Crippen molar-refractivity contribution in [1.82, 2.24) is 15.5 Å². The maximum atomic E-state index is 6.12. The fourth-order valence-electron chi connectivity index (χ4n) is 3.67. The fourth-order valence-corrected chi connectivity index (χ4v) is 4.93. The molecule has 0 amide bonds. The highest BCUT2D eigenvalue weighted by Crippen LogP contribution is 2.39. The van der Waals surface area contributed by atoms with Crippen LogP contribution in [0, 0.1) is 0 Å². The van der Waals surface area contributed by atoms with E-state index in [0.29, 0.717) is 26.9 Å². The van der Waals surface area contributed by atoms with Gasteiger partial charge in [0.25, 0.3) is 5.89 Å². The Balaban J connectivity index is 1.66. The zero-order valence-electron chi connectivity index (χ0n) is 16.8. The van der Waals surface area contributed by atoms with Crippen LogP contribution in [0.15, 0.2) is 76.3 Å². The number of allylic oxidation sites excluding steroid dienone is 1. The van der Waals surface area contributed by atoms with Gasteiger partial charge in [0.1, 0.15) is 0 Å². The molecule has 0 saturated carbocycles. The van der Waals surface area contributed by atoms with Crippen LogP contribution in [0.25, 0.3) is 16.3 Å². The number of rotatable bonds is 4. The highest BCUT2D eigenvalue weighted by Gasteiger charge is 2.34. The van der Waals surface area contributed by atoms with E-state index in [1.807, 2.05) is 77.9 Å². The molecule has 0 radical (unpaired) electrons. The third-order valence-corrected chi connectivity index (χ3v) is 6.84. The minimum Gasteiger partial charge on any atom is -0.351 e. The van der Waals surface area contributed by atoms with Gasteiger partial charge in [0, 0.05) is 21.4 Å². The summed E-state index contributed by atoms with van der Waals surface area (Å²) in [5.41, 5.74) is 3.59. The van der Waals surface area contributed by atoms with Crippen molar-refractivity contribution in [2.24, 2.45) is 0 Å². The molecule has 0 aliphatic carbocycles. The molecule has 0 fully saturated rings. The molecular weight excluding hydrogens is 483 g/mol. The molecule has 2 aromatic heterocycles. The van der Waals surface area contributed by atoms with Gasteiger partial charge in [0.2, 0.25) is 5.82 Å². The van der Waals surface area contributed by atoms with E-state index >= 15 is 0 Å². The number of halogens is 2.